The third kappa shape index (κ3) is 2.01. The van der Waals surface area contributed by atoms with Crippen molar-refractivity contribution >= 4 is 22.6 Å². The van der Waals surface area contributed by atoms with Crippen LogP contribution in [-0.4, -0.2) is 26.1 Å². The second kappa shape index (κ2) is 4.13. The van der Waals surface area contributed by atoms with Crippen molar-refractivity contribution in [2.45, 2.75) is 4.90 Å². The topological polar surface area (TPSA) is 71.6 Å². The van der Waals surface area contributed by atoms with Gasteiger partial charge in [0.1, 0.15) is 0 Å². The molecule has 1 heterocycles. The van der Waals surface area contributed by atoms with Gasteiger partial charge in [-0.1, -0.05) is 11.8 Å². The molecule has 1 aromatic carbocycles. The van der Waals surface area contributed by atoms with Gasteiger partial charge in [0.25, 0.3) is 0 Å². The standard InChI is InChI=1S/C10H13N3O2S/c1-13(2)6-3-7-8(15-5-14-7)4-9(6)16-10(11)12/h3-4H,5H2,1-2H3,(H3,11,12). The molecule has 0 radical (unpaired) electrons. The highest BCUT2D eigenvalue weighted by Crippen LogP contribution is 2.41. The fourth-order valence-corrected chi connectivity index (χ4v) is 2.21. The second-order valence-electron chi connectivity index (χ2n) is 3.53. The number of thioether (sulfide) groups is 1. The molecule has 5 nitrogen and oxygen atoms in total. The lowest BCUT2D eigenvalue weighted by atomic mass is 10.2. The van der Waals surface area contributed by atoms with E-state index in [9.17, 15) is 0 Å². The minimum atomic E-state index is 0.0574. The second-order valence-corrected chi connectivity index (χ2v) is 4.62. The summed E-state index contributed by atoms with van der Waals surface area (Å²) in [5.41, 5.74) is 6.36. The van der Waals surface area contributed by atoms with Crippen molar-refractivity contribution in [3.05, 3.63) is 12.1 Å². The van der Waals surface area contributed by atoms with Gasteiger partial charge in [-0.15, -0.1) is 0 Å². The number of nitrogens with one attached hydrogen (secondary N) is 1. The number of nitrogens with zero attached hydrogens (tertiary/aromatic N) is 1. The Balaban J connectivity index is 2.44. The number of hydrogen-bond acceptors (Lipinski definition) is 5. The molecule has 86 valence electrons. The van der Waals surface area contributed by atoms with E-state index in [0.717, 1.165) is 16.3 Å². The molecule has 0 spiro atoms. The number of benzene rings is 1. The number of ether oxygens (including phenoxy) is 2. The van der Waals surface area contributed by atoms with E-state index in [1.54, 1.807) is 0 Å². The first kappa shape index (κ1) is 10.9. The zero-order valence-electron chi connectivity index (χ0n) is 9.11. The highest BCUT2D eigenvalue weighted by atomic mass is 32.2. The molecule has 0 saturated heterocycles. The van der Waals surface area contributed by atoms with Crippen LogP contribution in [0.5, 0.6) is 11.5 Å². The van der Waals surface area contributed by atoms with Crippen LogP contribution in [-0.2, 0) is 0 Å². The predicted octanol–water partition coefficient (Wildman–Crippen LogP) is 1.47. The van der Waals surface area contributed by atoms with Crippen molar-refractivity contribution in [3.63, 3.8) is 0 Å². The van der Waals surface area contributed by atoms with E-state index in [4.69, 9.17) is 20.6 Å². The molecular formula is C10H13N3O2S. The Morgan fingerprint density at radius 1 is 1.38 bits per heavy atom. The summed E-state index contributed by atoms with van der Waals surface area (Å²) >= 11 is 1.20. The molecule has 0 bridgehead atoms. The molecule has 2 rings (SSSR count). The van der Waals surface area contributed by atoms with Crippen LogP contribution < -0.4 is 20.1 Å². The van der Waals surface area contributed by atoms with Crippen LogP contribution in [0, 0.1) is 5.41 Å². The number of rotatable bonds is 2. The monoisotopic (exact) mass is 239 g/mol. The highest BCUT2D eigenvalue weighted by Gasteiger charge is 2.18. The van der Waals surface area contributed by atoms with Crippen LogP contribution in [0.2, 0.25) is 0 Å². The molecule has 1 aromatic rings. The molecule has 0 amide bonds. The van der Waals surface area contributed by atoms with Gasteiger partial charge in [-0.25, -0.2) is 0 Å². The molecule has 0 saturated carbocycles. The van der Waals surface area contributed by atoms with Crippen LogP contribution >= 0.6 is 11.8 Å². The Bertz CT molecular complexity index is 434. The fourth-order valence-electron chi connectivity index (χ4n) is 1.46. The van der Waals surface area contributed by atoms with E-state index >= 15 is 0 Å². The maximum Gasteiger partial charge on any atom is 0.231 e. The average Bonchev–Trinajstić information content (AvgIpc) is 2.62. The van der Waals surface area contributed by atoms with Crippen molar-refractivity contribution in [2.75, 3.05) is 25.8 Å². The SMILES string of the molecule is CN(C)c1cc2c(cc1SC(=N)N)OCO2. The molecule has 0 fully saturated rings. The van der Waals surface area contributed by atoms with E-state index in [1.807, 2.05) is 31.1 Å². The van der Waals surface area contributed by atoms with Crippen LogP contribution in [0.15, 0.2) is 17.0 Å². The lowest BCUT2D eigenvalue weighted by molar-refractivity contribution is 0.174. The van der Waals surface area contributed by atoms with Gasteiger partial charge >= 0.3 is 0 Å². The lowest BCUT2D eigenvalue weighted by Crippen LogP contribution is -2.11. The number of amidine groups is 1. The Kier molecular flexibility index (Phi) is 2.82. The molecule has 0 unspecified atom stereocenters. The first-order chi connectivity index (χ1) is 7.58. The van der Waals surface area contributed by atoms with Crippen LogP contribution in [0.25, 0.3) is 0 Å². The van der Waals surface area contributed by atoms with Gasteiger partial charge in [-0.05, 0) is 0 Å². The summed E-state index contributed by atoms with van der Waals surface area (Å²) in [6, 6.07) is 3.75. The Labute approximate surface area is 98.0 Å². The number of anilines is 1. The van der Waals surface area contributed by atoms with Crippen LogP contribution in [0.4, 0.5) is 5.69 Å². The van der Waals surface area contributed by atoms with E-state index in [1.165, 1.54) is 11.8 Å². The normalized spacial score (nSPS) is 12.6. The molecule has 16 heavy (non-hydrogen) atoms. The van der Waals surface area contributed by atoms with Gasteiger partial charge in [0.05, 0.1) is 5.69 Å². The molecule has 1 aliphatic rings. The first-order valence-electron chi connectivity index (χ1n) is 4.71. The molecule has 0 aliphatic carbocycles. The van der Waals surface area contributed by atoms with E-state index in [2.05, 4.69) is 0 Å². The van der Waals surface area contributed by atoms with Crippen molar-refractivity contribution < 1.29 is 9.47 Å². The van der Waals surface area contributed by atoms with Crippen LogP contribution in [0.3, 0.4) is 0 Å². The van der Waals surface area contributed by atoms with Gasteiger partial charge < -0.3 is 20.1 Å². The summed E-state index contributed by atoms with van der Waals surface area (Å²) in [7, 11) is 3.86. The summed E-state index contributed by atoms with van der Waals surface area (Å²) in [6.45, 7) is 0.246. The van der Waals surface area contributed by atoms with Gasteiger partial charge in [0.15, 0.2) is 16.7 Å². The van der Waals surface area contributed by atoms with Crippen molar-refractivity contribution in [1.82, 2.24) is 0 Å². The molecule has 0 atom stereocenters. The zero-order valence-corrected chi connectivity index (χ0v) is 9.93. The van der Waals surface area contributed by atoms with Crippen molar-refractivity contribution in [3.8, 4) is 11.5 Å². The Hall–Kier alpha value is -1.56. The molecule has 0 aromatic heterocycles. The molecule has 6 heteroatoms. The molecular weight excluding hydrogens is 226 g/mol. The minimum absolute atomic E-state index is 0.0574. The highest BCUT2D eigenvalue weighted by molar-refractivity contribution is 8.13. The van der Waals surface area contributed by atoms with Gasteiger partial charge in [-0.3, -0.25) is 5.41 Å². The quantitative estimate of drug-likeness (QED) is 0.464. The molecule has 1 aliphatic heterocycles. The summed E-state index contributed by atoms with van der Waals surface area (Å²) in [5.74, 6) is 1.44. The Morgan fingerprint density at radius 2 is 2.00 bits per heavy atom. The van der Waals surface area contributed by atoms with Gasteiger partial charge in [-0.2, -0.15) is 0 Å². The number of hydrogen-bond donors (Lipinski definition) is 2. The summed E-state index contributed by atoms with van der Waals surface area (Å²) in [6.07, 6.45) is 0. The lowest BCUT2D eigenvalue weighted by Gasteiger charge is -2.17. The smallest absolute Gasteiger partial charge is 0.231 e. The van der Waals surface area contributed by atoms with Crippen LogP contribution in [0.1, 0.15) is 0 Å². The van der Waals surface area contributed by atoms with E-state index < -0.39 is 0 Å². The summed E-state index contributed by atoms with van der Waals surface area (Å²) in [4.78, 5) is 2.84. The largest absolute Gasteiger partial charge is 0.454 e. The molecule has 3 N–H and O–H groups in total. The van der Waals surface area contributed by atoms with E-state index in [-0.39, 0.29) is 12.0 Å². The zero-order chi connectivity index (χ0) is 11.7. The maximum absolute atomic E-state index is 7.32. The predicted molar refractivity (Wildman–Crippen MR) is 64.7 cm³/mol. The fraction of sp³-hybridized carbons (Fsp3) is 0.300. The number of fused-ring (bicyclic) bond motifs is 1. The van der Waals surface area contributed by atoms with Gasteiger partial charge in [0.2, 0.25) is 6.79 Å². The third-order valence-electron chi connectivity index (χ3n) is 2.16. The number of nitrogens with two attached hydrogens (primary N) is 1. The minimum Gasteiger partial charge on any atom is -0.454 e. The van der Waals surface area contributed by atoms with Gasteiger partial charge in [0, 0.05) is 31.1 Å². The first-order valence-corrected chi connectivity index (χ1v) is 5.52. The van der Waals surface area contributed by atoms with Crippen molar-refractivity contribution in [2.24, 2.45) is 5.73 Å². The average molecular weight is 239 g/mol. The third-order valence-corrected chi connectivity index (χ3v) is 2.92. The summed E-state index contributed by atoms with van der Waals surface area (Å²) in [5, 5.41) is 7.37. The summed E-state index contributed by atoms with van der Waals surface area (Å²) < 4.78 is 10.6. The van der Waals surface area contributed by atoms with Crippen molar-refractivity contribution in [1.29, 1.82) is 5.41 Å². The maximum atomic E-state index is 7.32. The van der Waals surface area contributed by atoms with E-state index in [0.29, 0.717) is 5.75 Å². The Morgan fingerprint density at radius 3 is 2.56 bits per heavy atom.